The summed E-state index contributed by atoms with van der Waals surface area (Å²) < 4.78 is 31.5. The van der Waals surface area contributed by atoms with Gasteiger partial charge in [-0.25, -0.2) is 8.78 Å². The van der Waals surface area contributed by atoms with Crippen LogP contribution in [0.4, 0.5) is 8.78 Å². The third-order valence-electron chi connectivity index (χ3n) is 2.60. The lowest BCUT2D eigenvalue weighted by atomic mass is 10.1. The maximum atomic E-state index is 13.5. The Bertz CT molecular complexity index is 509. The lowest BCUT2D eigenvalue weighted by Gasteiger charge is -2.08. The minimum atomic E-state index is -0.659. The molecule has 0 amide bonds. The molecule has 7 heteroatoms. The largest absolute Gasteiger partial charge is 0.382 e. The molecule has 0 aromatic heterocycles. The molecule has 0 heterocycles. The Morgan fingerprint density at radius 1 is 1.38 bits per heavy atom. The molecule has 0 spiro atoms. The molecular weight excluding hydrogens is 296 g/mol. The first-order valence-corrected chi connectivity index (χ1v) is 7.06. The molecule has 21 heavy (non-hydrogen) atoms. The van der Waals surface area contributed by atoms with Crippen LogP contribution < -0.4 is 10.7 Å². The summed E-state index contributed by atoms with van der Waals surface area (Å²) in [4.78, 5) is 0. The van der Waals surface area contributed by atoms with E-state index >= 15 is 0 Å². The van der Waals surface area contributed by atoms with Gasteiger partial charge in [0.25, 0.3) is 0 Å². The SMILES string of the molecule is CCOCCCNC(=S)N/N=C(/C)c1ccc(F)cc1F. The molecule has 0 aliphatic heterocycles. The van der Waals surface area contributed by atoms with E-state index in [0.717, 1.165) is 12.5 Å². The minimum Gasteiger partial charge on any atom is -0.382 e. The lowest BCUT2D eigenvalue weighted by molar-refractivity contribution is 0.145. The van der Waals surface area contributed by atoms with E-state index in [9.17, 15) is 8.78 Å². The van der Waals surface area contributed by atoms with Gasteiger partial charge in [-0.2, -0.15) is 5.10 Å². The van der Waals surface area contributed by atoms with Crippen LogP contribution in [0.25, 0.3) is 0 Å². The summed E-state index contributed by atoms with van der Waals surface area (Å²) in [5.74, 6) is -1.28. The number of thiocarbonyl (C=S) groups is 1. The predicted molar refractivity (Wildman–Crippen MR) is 83.4 cm³/mol. The van der Waals surface area contributed by atoms with Gasteiger partial charge in [0.15, 0.2) is 5.11 Å². The molecule has 1 rings (SSSR count). The molecule has 2 N–H and O–H groups in total. The maximum Gasteiger partial charge on any atom is 0.186 e. The van der Waals surface area contributed by atoms with Gasteiger partial charge in [-0.05, 0) is 44.6 Å². The van der Waals surface area contributed by atoms with Gasteiger partial charge >= 0.3 is 0 Å². The summed E-state index contributed by atoms with van der Waals surface area (Å²) in [5.41, 5.74) is 3.23. The highest BCUT2D eigenvalue weighted by atomic mass is 32.1. The summed E-state index contributed by atoms with van der Waals surface area (Å²) in [7, 11) is 0. The van der Waals surface area contributed by atoms with Gasteiger partial charge in [0.2, 0.25) is 0 Å². The first-order chi connectivity index (χ1) is 10.0. The van der Waals surface area contributed by atoms with Crippen molar-refractivity contribution < 1.29 is 13.5 Å². The van der Waals surface area contributed by atoms with Crippen molar-refractivity contribution in [1.82, 2.24) is 10.7 Å². The maximum absolute atomic E-state index is 13.5. The van der Waals surface area contributed by atoms with E-state index in [2.05, 4.69) is 15.8 Å². The molecule has 0 bridgehead atoms. The normalized spacial score (nSPS) is 11.3. The number of benzene rings is 1. The van der Waals surface area contributed by atoms with Crippen LogP contribution in [0.1, 0.15) is 25.8 Å². The second-order valence-electron chi connectivity index (χ2n) is 4.24. The van der Waals surface area contributed by atoms with E-state index < -0.39 is 11.6 Å². The van der Waals surface area contributed by atoms with Crippen LogP contribution in [0.2, 0.25) is 0 Å². The highest BCUT2D eigenvalue weighted by Gasteiger charge is 2.06. The number of halogens is 2. The van der Waals surface area contributed by atoms with Gasteiger partial charge in [-0.15, -0.1) is 0 Å². The summed E-state index contributed by atoms with van der Waals surface area (Å²) in [6.07, 6.45) is 0.824. The third-order valence-corrected chi connectivity index (χ3v) is 2.84. The van der Waals surface area contributed by atoms with E-state index in [4.69, 9.17) is 17.0 Å². The van der Waals surface area contributed by atoms with E-state index in [-0.39, 0.29) is 5.56 Å². The van der Waals surface area contributed by atoms with Crippen molar-refractivity contribution in [3.63, 3.8) is 0 Å². The van der Waals surface area contributed by atoms with Crippen molar-refractivity contribution >= 4 is 23.0 Å². The van der Waals surface area contributed by atoms with Gasteiger partial charge in [-0.3, -0.25) is 5.43 Å². The molecule has 1 aromatic rings. The molecule has 0 saturated carbocycles. The van der Waals surface area contributed by atoms with Crippen LogP contribution in [0.3, 0.4) is 0 Å². The first-order valence-electron chi connectivity index (χ1n) is 6.66. The van der Waals surface area contributed by atoms with E-state index in [1.165, 1.54) is 12.1 Å². The molecule has 4 nitrogen and oxygen atoms in total. The molecule has 0 aliphatic carbocycles. The van der Waals surface area contributed by atoms with Crippen LogP contribution >= 0.6 is 12.2 Å². The molecule has 0 aliphatic rings. The van der Waals surface area contributed by atoms with Crippen LogP contribution in [0, 0.1) is 11.6 Å². The summed E-state index contributed by atoms with van der Waals surface area (Å²) in [5, 5.41) is 7.26. The Hall–Kier alpha value is -1.60. The molecule has 0 fully saturated rings. The highest BCUT2D eigenvalue weighted by molar-refractivity contribution is 7.80. The lowest BCUT2D eigenvalue weighted by Crippen LogP contribution is -2.33. The van der Waals surface area contributed by atoms with Gasteiger partial charge in [0.1, 0.15) is 11.6 Å². The Morgan fingerprint density at radius 3 is 2.81 bits per heavy atom. The predicted octanol–water partition coefficient (Wildman–Crippen LogP) is 2.58. The number of hydrogen-bond acceptors (Lipinski definition) is 3. The average Bonchev–Trinajstić information content (AvgIpc) is 2.44. The standard InChI is InChI=1S/C14H19F2N3OS/c1-3-20-8-4-7-17-14(21)19-18-10(2)12-6-5-11(15)9-13(12)16/h5-6,9H,3-4,7-8H2,1-2H3,(H2,17,19,21)/b18-10-. The van der Waals surface area contributed by atoms with E-state index in [1.807, 2.05) is 6.92 Å². The zero-order valence-corrected chi connectivity index (χ0v) is 12.9. The fraction of sp³-hybridized carbons (Fsp3) is 0.429. The fourth-order valence-electron chi connectivity index (χ4n) is 1.54. The summed E-state index contributed by atoms with van der Waals surface area (Å²) >= 11 is 5.03. The molecule has 0 atom stereocenters. The second kappa shape index (κ2) is 9.36. The fourth-order valence-corrected chi connectivity index (χ4v) is 1.69. The third kappa shape index (κ3) is 6.59. The Balaban J connectivity index is 2.42. The quantitative estimate of drug-likeness (QED) is 0.351. The molecule has 0 radical (unpaired) electrons. The zero-order valence-electron chi connectivity index (χ0n) is 12.1. The van der Waals surface area contributed by atoms with Crippen molar-refractivity contribution in [2.45, 2.75) is 20.3 Å². The van der Waals surface area contributed by atoms with Crippen molar-refractivity contribution in [3.05, 3.63) is 35.4 Å². The van der Waals surface area contributed by atoms with Crippen LogP contribution in [-0.2, 0) is 4.74 Å². The van der Waals surface area contributed by atoms with Gasteiger partial charge in [0, 0.05) is 31.4 Å². The van der Waals surface area contributed by atoms with E-state index in [0.29, 0.717) is 30.6 Å². The first kappa shape index (κ1) is 17.5. The molecular formula is C14H19F2N3OS. The molecule has 0 unspecified atom stereocenters. The van der Waals surface area contributed by atoms with Crippen LogP contribution in [0.5, 0.6) is 0 Å². The smallest absolute Gasteiger partial charge is 0.186 e. The van der Waals surface area contributed by atoms with E-state index in [1.54, 1.807) is 6.92 Å². The Labute approximate surface area is 128 Å². The molecule has 116 valence electrons. The topological polar surface area (TPSA) is 45.6 Å². The number of rotatable bonds is 7. The van der Waals surface area contributed by atoms with Gasteiger partial charge < -0.3 is 10.1 Å². The van der Waals surface area contributed by atoms with Gasteiger partial charge in [-0.1, -0.05) is 0 Å². The van der Waals surface area contributed by atoms with Crippen molar-refractivity contribution in [3.8, 4) is 0 Å². The molecule has 1 aromatic carbocycles. The van der Waals surface area contributed by atoms with Crippen LogP contribution in [0.15, 0.2) is 23.3 Å². The minimum absolute atomic E-state index is 0.225. The van der Waals surface area contributed by atoms with Crippen molar-refractivity contribution in [1.29, 1.82) is 0 Å². The van der Waals surface area contributed by atoms with Crippen LogP contribution in [-0.4, -0.2) is 30.6 Å². The van der Waals surface area contributed by atoms with Crippen molar-refractivity contribution in [2.24, 2.45) is 5.10 Å². The number of hydrogen-bond donors (Lipinski definition) is 2. The monoisotopic (exact) mass is 315 g/mol. The second-order valence-corrected chi connectivity index (χ2v) is 4.65. The number of ether oxygens (including phenoxy) is 1. The number of nitrogens with one attached hydrogen (secondary N) is 2. The highest BCUT2D eigenvalue weighted by Crippen LogP contribution is 2.10. The summed E-state index contributed by atoms with van der Waals surface area (Å²) in [6, 6.07) is 3.34. The Kier molecular flexibility index (Phi) is 7.78. The molecule has 0 saturated heterocycles. The summed E-state index contributed by atoms with van der Waals surface area (Å²) in [6.45, 7) is 5.56. The number of hydrazone groups is 1. The Morgan fingerprint density at radius 2 is 2.14 bits per heavy atom. The van der Waals surface area contributed by atoms with Crippen molar-refractivity contribution in [2.75, 3.05) is 19.8 Å². The van der Waals surface area contributed by atoms with Gasteiger partial charge in [0.05, 0.1) is 5.71 Å². The average molecular weight is 315 g/mol. The zero-order chi connectivity index (χ0) is 15.7. The number of nitrogens with zero attached hydrogens (tertiary/aromatic N) is 1.